The second kappa shape index (κ2) is 6.42. The first kappa shape index (κ1) is 14.3. The molecule has 1 saturated heterocycles. The number of nitrogens with zero attached hydrogens (tertiary/aromatic N) is 4. The number of nitrogen functional groups attached to an aromatic ring is 1. The zero-order valence-electron chi connectivity index (χ0n) is 11.5. The predicted molar refractivity (Wildman–Crippen MR) is 89.5 cm³/mol. The molecular formula is C14H16IN5O. The van der Waals surface area contributed by atoms with E-state index in [9.17, 15) is 0 Å². The maximum absolute atomic E-state index is 5.78. The Morgan fingerprint density at radius 1 is 1.10 bits per heavy atom. The molecule has 0 spiro atoms. The molecule has 0 saturated carbocycles. The lowest BCUT2D eigenvalue weighted by molar-refractivity contribution is 0.438. The second-order valence-corrected chi connectivity index (χ2v) is 6.13. The van der Waals surface area contributed by atoms with Crippen LogP contribution in [0.4, 0.5) is 11.9 Å². The van der Waals surface area contributed by atoms with Crippen molar-refractivity contribution in [2.24, 2.45) is 0 Å². The molecule has 0 aliphatic carbocycles. The van der Waals surface area contributed by atoms with Gasteiger partial charge in [0, 0.05) is 16.7 Å². The van der Waals surface area contributed by atoms with Crippen LogP contribution in [0.1, 0.15) is 19.3 Å². The summed E-state index contributed by atoms with van der Waals surface area (Å²) in [7, 11) is 0. The SMILES string of the molecule is Nc1nc(Oc2cccc(I)c2)nc(N2CCCCC2)n1. The van der Waals surface area contributed by atoms with Gasteiger partial charge in [0.15, 0.2) is 0 Å². The molecule has 0 unspecified atom stereocenters. The zero-order valence-corrected chi connectivity index (χ0v) is 13.7. The maximum atomic E-state index is 5.78. The van der Waals surface area contributed by atoms with E-state index in [2.05, 4.69) is 42.4 Å². The summed E-state index contributed by atoms with van der Waals surface area (Å²) in [4.78, 5) is 14.8. The number of piperidine rings is 1. The van der Waals surface area contributed by atoms with Crippen LogP contribution in [0.15, 0.2) is 24.3 Å². The van der Waals surface area contributed by atoms with Crippen LogP contribution in [0, 0.1) is 3.57 Å². The minimum atomic E-state index is 0.186. The van der Waals surface area contributed by atoms with Gasteiger partial charge in [0.2, 0.25) is 11.9 Å². The molecule has 1 fully saturated rings. The molecule has 1 aliphatic heterocycles. The zero-order chi connectivity index (χ0) is 14.7. The quantitative estimate of drug-likeness (QED) is 0.803. The third-order valence-electron chi connectivity index (χ3n) is 3.26. The van der Waals surface area contributed by atoms with Gasteiger partial charge < -0.3 is 15.4 Å². The van der Waals surface area contributed by atoms with Gasteiger partial charge in [-0.05, 0) is 60.1 Å². The molecule has 1 aromatic heterocycles. The lowest BCUT2D eigenvalue weighted by Gasteiger charge is -2.26. The van der Waals surface area contributed by atoms with Gasteiger partial charge in [-0.15, -0.1) is 0 Å². The van der Waals surface area contributed by atoms with Crippen LogP contribution in [-0.4, -0.2) is 28.0 Å². The molecule has 0 radical (unpaired) electrons. The van der Waals surface area contributed by atoms with Crippen molar-refractivity contribution in [1.82, 2.24) is 15.0 Å². The van der Waals surface area contributed by atoms with Crippen LogP contribution < -0.4 is 15.4 Å². The van der Waals surface area contributed by atoms with Crippen molar-refractivity contribution in [3.8, 4) is 11.8 Å². The Hall–Kier alpha value is -1.64. The molecule has 110 valence electrons. The fourth-order valence-electron chi connectivity index (χ4n) is 2.28. The summed E-state index contributed by atoms with van der Waals surface area (Å²) in [5.41, 5.74) is 5.78. The highest BCUT2D eigenvalue weighted by Crippen LogP contribution is 2.23. The first-order valence-electron chi connectivity index (χ1n) is 6.90. The molecule has 7 heteroatoms. The Kier molecular flexibility index (Phi) is 4.37. The minimum absolute atomic E-state index is 0.186. The number of hydrogen-bond donors (Lipinski definition) is 1. The number of anilines is 2. The largest absolute Gasteiger partial charge is 0.424 e. The normalized spacial score (nSPS) is 15.0. The highest BCUT2D eigenvalue weighted by atomic mass is 127. The fraction of sp³-hybridized carbons (Fsp3) is 0.357. The molecule has 1 aromatic carbocycles. The van der Waals surface area contributed by atoms with Crippen LogP contribution in [0.5, 0.6) is 11.8 Å². The van der Waals surface area contributed by atoms with Crippen LogP contribution in [0.2, 0.25) is 0 Å². The summed E-state index contributed by atoms with van der Waals surface area (Å²) in [6, 6.07) is 7.94. The summed E-state index contributed by atoms with van der Waals surface area (Å²) in [6.07, 6.45) is 3.56. The highest BCUT2D eigenvalue weighted by Gasteiger charge is 2.16. The van der Waals surface area contributed by atoms with E-state index in [1.165, 1.54) is 6.42 Å². The molecule has 21 heavy (non-hydrogen) atoms. The monoisotopic (exact) mass is 397 g/mol. The van der Waals surface area contributed by atoms with Gasteiger partial charge in [0.25, 0.3) is 0 Å². The molecule has 2 aromatic rings. The molecule has 0 bridgehead atoms. The number of rotatable bonds is 3. The van der Waals surface area contributed by atoms with E-state index >= 15 is 0 Å². The molecule has 3 rings (SSSR count). The Morgan fingerprint density at radius 2 is 1.90 bits per heavy atom. The summed E-state index contributed by atoms with van der Waals surface area (Å²) in [5, 5.41) is 0. The summed E-state index contributed by atoms with van der Waals surface area (Å²) in [5.74, 6) is 1.48. The number of ether oxygens (including phenoxy) is 1. The summed E-state index contributed by atoms with van der Waals surface area (Å²) < 4.78 is 6.78. The van der Waals surface area contributed by atoms with Crippen LogP contribution >= 0.6 is 22.6 Å². The number of aromatic nitrogens is 3. The van der Waals surface area contributed by atoms with Crippen molar-refractivity contribution in [2.75, 3.05) is 23.7 Å². The van der Waals surface area contributed by atoms with Gasteiger partial charge in [-0.2, -0.15) is 15.0 Å². The van der Waals surface area contributed by atoms with Gasteiger partial charge >= 0.3 is 6.01 Å². The first-order chi connectivity index (χ1) is 10.2. The van der Waals surface area contributed by atoms with E-state index in [4.69, 9.17) is 10.5 Å². The average Bonchev–Trinajstić information content (AvgIpc) is 2.47. The molecule has 6 nitrogen and oxygen atoms in total. The van der Waals surface area contributed by atoms with Crippen molar-refractivity contribution in [2.45, 2.75) is 19.3 Å². The predicted octanol–water partition coefficient (Wildman–Crippen LogP) is 2.84. The third kappa shape index (κ3) is 3.72. The molecule has 1 aliphatic rings. The van der Waals surface area contributed by atoms with Crippen LogP contribution in [-0.2, 0) is 0 Å². The van der Waals surface area contributed by atoms with Gasteiger partial charge in [0.1, 0.15) is 5.75 Å². The Labute approximate surface area is 136 Å². The lowest BCUT2D eigenvalue weighted by Crippen LogP contribution is -2.31. The Bertz CT molecular complexity index is 631. The number of benzene rings is 1. The van der Waals surface area contributed by atoms with Crippen molar-refractivity contribution >= 4 is 34.5 Å². The van der Waals surface area contributed by atoms with Gasteiger partial charge in [-0.1, -0.05) is 6.07 Å². The summed E-state index contributed by atoms with van der Waals surface area (Å²) in [6.45, 7) is 1.90. The molecule has 2 heterocycles. The smallest absolute Gasteiger partial charge is 0.328 e. The molecular weight excluding hydrogens is 381 g/mol. The number of hydrogen-bond acceptors (Lipinski definition) is 6. The van der Waals surface area contributed by atoms with Gasteiger partial charge in [-0.3, -0.25) is 0 Å². The number of halogens is 1. The Balaban J connectivity index is 1.83. The van der Waals surface area contributed by atoms with Crippen LogP contribution in [0.3, 0.4) is 0 Å². The van der Waals surface area contributed by atoms with Gasteiger partial charge in [0.05, 0.1) is 0 Å². The first-order valence-corrected chi connectivity index (χ1v) is 7.98. The van der Waals surface area contributed by atoms with E-state index in [1.54, 1.807) is 0 Å². The highest BCUT2D eigenvalue weighted by molar-refractivity contribution is 14.1. The van der Waals surface area contributed by atoms with Crippen LogP contribution in [0.25, 0.3) is 0 Å². The van der Waals surface area contributed by atoms with Crippen molar-refractivity contribution in [3.05, 3.63) is 27.8 Å². The second-order valence-electron chi connectivity index (χ2n) is 4.88. The number of nitrogens with two attached hydrogens (primary N) is 1. The topological polar surface area (TPSA) is 77.2 Å². The van der Waals surface area contributed by atoms with E-state index in [-0.39, 0.29) is 12.0 Å². The van der Waals surface area contributed by atoms with E-state index in [1.807, 2.05) is 24.3 Å². The van der Waals surface area contributed by atoms with E-state index < -0.39 is 0 Å². The van der Waals surface area contributed by atoms with Crippen molar-refractivity contribution in [1.29, 1.82) is 0 Å². The van der Waals surface area contributed by atoms with E-state index in [0.29, 0.717) is 11.7 Å². The standard InChI is InChI=1S/C14H16IN5O/c15-10-5-4-6-11(9-10)21-14-18-12(16)17-13(19-14)20-7-2-1-3-8-20/h4-6,9H,1-3,7-8H2,(H2,16,17,18,19). The lowest BCUT2D eigenvalue weighted by atomic mass is 10.1. The van der Waals surface area contributed by atoms with Crippen molar-refractivity contribution in [3.63, 3.8) is 0 Å². The fourth-order valence-corrected chi connectivity index (χ4v) is 2.79. The minimum Gasteiger partial charge on any atom is -0.424 e. The Morgan fingerprint density at radius 3 is 2.67 bits per heavy atom. The van der Waals surface area contributed by atoms with Crippen molar-refractivity contribution < 1.29 is 4.74 Å². The van der Waals surface area contributed by atoms with E-state index in [0.717, 1.165) is 29.5 Å². The molecule has 0 atom stereocenters. The summed E-state index contributed by atoms with van der Waals surface area (Å²) >= 11 is 2.23. The molecule has 2 N–H and O–H groups in total. The molecule has 0 amide bonds. The van der Waals surface area contributed by atoms with Gasteiger partial charge in [-0.25, -0.2) is 0 Å². The average molecular weight is 397 g/mol. The third-order valence-corrected chi connectivity index (χ3v) is 3.94. The maximum Gasteiger partial charge on any atom is 0.328 e.